The van der Waals surface area contributed by atoms with Crippen molar-refractivity contribution in [1.29, 1.82) is 0 Å². The van der Waals surface area contributed by atoms with Gasteiger partial charge in [-0.25, -0.2) is 9.37 Å². The van der Waals surface area contributed by atoms with Crippen LogP contribution in [0.1, 0.15) is 57.3 Å². The Morgan fingerprint density at radius 3 is 2.68 bits per heavy atom. The van der Waals surface area contributed by atoms with Gasteiger partial charge in [0.15, 0.2) is 0 Å². The fraction of sp³-hybridized carbons (Fsp3) is 0.533. The highest BCUT2D eigenvalue weighted by molar-refractivity contribution is 6.20. The summed E-state index contributed by atoms with van der Waals surface area (Å²) in [6, 6.07) is 5.06. The number of hydrogen-bond donors (Lipinski definition) is 0. The van der Waals surface area contributed by atoms with Crippen LogP contribution in [0.3, 0.4) is 0 Å². The number of hydrogen-bond acceptors (Lipinski definition) is 1. The molecule has 0 aliphatic carbocycles. The Kier molecular flexibility index (Phi) is 4.46. The molecule has 1 heterocycles. The molecule has 4 heteroatoms. The Labute approximate surface area is 118 Å². The average molecular weight is 283 g/mol. The van der Waals surface area contributed by atoms with Crippen molar-refractivity contribution >= 4 is 22.6 Å². The zero-order valence-electron chi connectivity index (χ0n) is 11.7. The van der Waals surface area contributed by atoms with Crippen molar-refractivity contribution in [3.05, 3.63) is 29.8 Å². The van der Waals surface area contributed by atoms with Crippen molar-refractivity contribution < 1.29 is 4.39 Å². The highest BCUT2D eigenvalue weighted by Crippen LogP contribution is 2.31. The molecule has 2 unspecified atom stereocenters. The maximum absolute atomic E-state index is 13.5. The lowest BCUT2D eigenvalue weighted by molar-refractivity contribution is 0.443. The highest BCUT2D eigenvalue weighted by Gasteiger charge is 2.20. The Morgan fingerprint density at radius 2 is 2.11 bits per heavy atom. The van der Waals surface area contributed by atoms with Gasteiger partial charge in [-0.15, -0.1) is 11.6 Å². The number of benzene rings is 1. The van der Waals surface area contributed by atoms with E-state index in [9.17, 15) is 4.39 Å². The van der Waals surface area contributed by atoms with E-state index < -0.39 is 0 Å². The summed E-state index contributed by atoms with van der Waals surface area (Å²) in [4.78, 5) is 4.57. The molecule has 0 saturated heterocycles. The van der Waals surface area contributed by atoms with Crippen molar-refractivity contribution in [3.8, 4) is 0 Å². The maximum atomic E-state index is 13.5. The van der Waals surface area contributed by atoms with Gasteiger partial charge < -0.3 is 4.57 Å². The second-order valence-electron chi connectivity index (χ2n) is 4.94. The summed E-state index contributed by atoms with van der Waals surface area (Å²) in [5.74, 6) is 0.608. The van der Waals surface area contributed by atoms with E-state index in [1.165, 1.54) is 6.07 Å². The van der Waals surface area contributed by atoms with Crippen LogP contribution in [0.2, 0.25) is 0 Å². The normalized spacial score (nSPS) is 14.8. The molecule has 0 N–H and O–H groups in total. The first-order valence-electron chi connectivity index (χ1n) is 6.89. The summed E-state index contributed by atoms with van der Waals surface area (Å²) in [5, 5.41) is -0.179. The second-order valence-corrected chi connectivity index (χ2v) is 5.59. The third-order valence-electron chi connectivity index (χ3n) is 3.49. The largest absolute Gasteiger partial charge is 0.324 e. The molecule has 1 aromatic heterocycles. The number of rotatable bonds is 5. The van der Waals surface area contributed by atoms with Crippen LogP contribution in [-0.2, 0) is 0 Å². The molecular weight excluding hydrogens is 263 g/mol. The number of imidazole rings is 1. The molecule has 0 aliphatic rings. The third kappa shape index (κ3) is 2.76. The van der Waals surface area contributed by atoms with E-state index in [4.69, 9.17) is 11.6 Å². The Hall–Kier alpha value is -1.09. The van der Waals surface area contributed by atoms with Crippen molar-refractivity contribution in [1.82, 2.24) is 9.55 Å². The third-order valence-corrected chi connectivity index (χ3v) is 3.69. The van der Waals surface area contributed by atoms with Gasteiger partial charge in [-0.2, -0.15) is 0 Å². The van der Waals surface area contributed by atoms with Crippen LogP contribution in [0.5, 0.6) is 0 Å². The molecule has 2 rings (SSSR count). The van der Waals surface area contributed by atoms with Crippen LogP contribution in [0.4, 0.5) is 4.39 Å². The molecular formula is C15H20ClFN2. The topological polar surface area (TPSA) is 17.8 Å². The van der Waals surface area contributed by atoms with Crippen LogP contribution < -0.4 is 0 Å². The Bertz CT molecular complexity index is 563. The van der Waals surface area contributed by atoms with Gasteiger partial charge in [0.25, 0.3) is 0 Å². The fourth-order valence-electron chi connectivity index (χ4n) is 2.60. The molecule has 0 spiro atoms. The predicted octanol–water partition coefficient (Wildman–Crippen LogP) is 5.23. The number of aromatic nitrogens is 2. The number of halogens is 2. The van der Waals surface area contributed by atoms with Gasteiger partial charge in [-0.05, 0) is 38.0 Å². The molecule has 0 aliphatic heterocycles. The van der Waals surface area contributed by atoms with Crippen molar-refractivity contribution in [2.75, 3.05) is 0 Å². The van der Waals surface area contributed by atoms with Gasteiger partial charge in [0.2, 0.25) is 0 Å². The minimum Gasteiger partial charge on any atom is -0.324 e. The van der Waals surface area contributed by atoms with E-state index in [0.29, 0.717) is 6.04 Å². The van der Waals surface area contributed by atoms with Crippen LogP contribution in [0.15, 0.2) is 18.2 Å². The SMILES string of the molecule is CCCC(CC)n1c(C(C)Cl)nc2ccc(F)cc21. The van der Waals surface area contributed by atoms with Crippen LogP contribution in [0, 0.1) is 5.82 Å². The van der Waals surface area contributed by atoms with Gasteiger partial charge in [-0.3, -0.25) is 0 Å². The molecule has 2 atom stereocenters. The fourth-order valence-corrected chi connectivity index (χ4v) is 2.75. The average Bonchev–Trinajstić information content (AvgIpc) is 2.74. The molecule has 0 bridgehead atoms. The zero-order valence-corrected chi connectivity index (χ0v) is 12.4. The molecule has 2 aromatic rings. The molecule has 0 fully saturated rings. The number of fused-ring (bicyclic) bond motifs is 1. The lowest BCUT2D eigenvalue weighted by Gasteiger charge is -2.20. The van der Waals surface area contributed by atoms with Crippen molar-refractivity contribution in [2.45, 2.75) is 51.5 Å². The quantitative estimate of drug-likeness (QED) is 0.687. The summed E-state index contributed by atoms with van der Waals surface area (Å²) in [5.41, 5.74) is 1.67. The summed E-state index contributed by atoms with van der Waals surface area (Å²) < 4.78 is 15.6. The number of alkyl halides is 1. The minimum atomic E-state index is -0.228. The number of nitrogens with zero attached hydrogens (tertiary/aromatic N) is 2. The second kappa shape index (κ2) is 5.91. The molecule has 19 heavy (non-hydrogen) atoms. The van der Waals surface area contributed by atoms with E-state index >= 15 is 0 Å². The van der Waals surface area contributed by atoms with Crippen LogP contribution >= 0.6 is 11.6 Å². The smallest absolute Gasteiger partial charge is 0.127 e. The molecule has 104 valence electrons. The first kappa shape index (κ1) is 14.3. The van der Waals surface area contributed by atoms with Gasteiger partial charge in [-0.1, -0.05) is 20.3 Å². The lowest BCUT2D eigenvalue weighted by atomic mass is 10.1. The Morgan fingerprint density at radius 1 is 1.37 bits per heavy atom. The van der Waals surface area contributed by atoms with E-state index in [-0.39, 0.29) is 11.2 Å². The van der Waals surface area contributed by atoms with E-state index in [1.807, 2.05) is 6.92 Å². The summed E-state index contributed by atoms with van der Waals surface area (Å²) in [6.45, 7) is 6.22. The van der Waals surface area contributed by atoms with Crippen LogP contribution in [-0.4, -0.2) is 9.55 Å². The van der Waals surface area contributed by atoms with Crippen molar-refractivity contribution in [3.63, 3.8) is 0 Å². The lowest BCUT2D eigenvalue weighted by Crippen LogP contribution is -2.12. The summed E-state index contributed by atoms with van der Waals surface area (Å²) >= 11 is 6.24. The van der Waals surface area contributed by atoms with Crippen molar-refractivity contribution in [2.24, 2.45) is 0 Å². The molecule has 0 saturated carbocycles. The first-order valence-corrected chi connectivity index (χ1v) is 7.33. The molecule has 1 aromatic carbocycles. The minimum absolute atomic E-state index is 0.179. The molecule has 2 nitrogen and oxygen atoms in total. The monoisotopic (exact) mass is 282 g/mol. The molecule has 0 amide bonds. The molecule has 0 radical (unpaired) electrons. The maximum Gasteiger partial charge on any atom is 0.127 e. The summed E-state index contributed by atoms with van der Waals surface area (Å²) in [7, 11) is 0. The van der Waals surface area contributed by atoms with Gasteiger partial charge in [0.05, 0.1) is 16.4 Å². The van der Waals surface area contributed by atoms with E-state index in [2.05, 4.69) is 23.4 Å². The van der Waals surface area contributed by atoms with E-state index in [0.717, 1.165) is 36.1 Å². The predicted molar refractivity (Wildman–Crippen MR) is 78.2 cm³/mol. The van der Waals surface area contributed by atoms with Gasteiger partial charge in [0.1, 0.15) is 11.6 Å². The zero-order chi connectivity index (χ0) is 14.0. The van der Waals surface area contributed by atoms with Crippen LogP contribution in [0.25, 0.3) is 11.0 Å². The Balaban J connectivity index is 2.65. The summed E-state index contributed by atoms with van der Waals surface area (Å²) in [6.07, 6.45) is 3.13. The highest BCUT2D eigenvalue weighted by atomic mass is 35.5. The van der Waals surface area contributed by atoms with Gasteiger partial charge >= 0.3 is 0 Å². The first-order chi connectivity index (χ1) is 9.08. The van der Waals surface area contributed by atoms with E-state index in [1.54, 1.807) is 12.1 Å². The van der Waals surface area contributed by atoms with Gasteiger partial charge in [0, 0.05) is 6.04 Å². The standard InChI is InChI=1S/C15H20ClFN2/c1-4-6-12(5-2)19-14-9-11(17)7-8-13(14)18-15(19)10(3)16/h7-10,12H,4-6H2,1-3H3.